The average Bonchev–Trinajstić information content (AvgIpc) is 2.11. The van der Waals surface area contributed by atoms with Crippen LogP contribution in [0.15, 0.2) is 18.2 Å². The summed E-state index contributed by atoms with van der Waals surface area (Å²) in [4.78, 5) is 0. The number of rotatable bonds is 3. The van der Waals surface area contributed by atoms with Gasteiger partial charge in [0.1, 0.15) is 11.5 Å². The summed E-state index contributed by atoms with van der Waals surface area (Å²) in [5.41, 5.74) is 4.13. The first-order chi connectivity index (χ1) is 6.44. The molecule has 0 aliphatic carbocycles. The Kier molecular flexibility index (Phi) is 3.45. The highest BCUT2D eigenvalue weighted by Crippen LogP contribution is 2.23. The van der Waals surface area contributed by atoms with E-state index in [2.05, 4.69) is 0 Å². The van der Waals surface area contributed by atoms with Gasteiger partial charge in [-0.3, -0.25) is 0 Å². The molecule has 0 saturated carbocycles. The topological polar surface area (TPSA) is 26.0 Å². The molecule has 1 nitrogen and oxygen atoms in total. The van der Waals surface area contributed by atoms with Gasteiger partial charge in [0.15, 0.2) is 0 Å². The quantitative estimate of drug-likeness (QED) is 0.831. The highest BCUT2D eigenvalue weighted by molar-refractivity contribution is 6.31. The summed E-state index contributed by atoms with van der Waals surface area (Å²) >= 11 is 5.79. The van der Waals surface area contributed by atoms with E-state index in [4.69, 9.17) is 17.3 Å². The maximum absolute atomic E-state index is 13.5. The summed E-state index contributed by atoms with van der Waals surface area (Å²) in [5, 5.41) is 0.365. The fourth-order valence-electron chi connectivity index (χ4n) is 1.15. The minimum Gasteiger partial charge on any atom is -0.328 e. The van der Waals surface area contributed by atoms with Crippen LogP contribution in [0.1, 0.15) is 12.5 Å². The van der Waals surface area contributed by atoms with Crippen molar-refractivity contribution < 1.29 is 8.78 Å². The van der Waals surface area contributed by atoms with Crippen LogP contribution in [-0.2, 0) is 6.42 Å². The molecule has 1 rings (SSSR count). The van der Waals surface area contributed by atoms with Crippen LogP contribution in [0.4, 0.5) is 8.78 Å². The zero-order valence-electron chi connectivity index (χ0n) is 7.86. The molecule has 0 aliphatic rings. The van der Waals surface area contributed by atoms with Gasteiger partial charge in [0, 0.05) is 18.0 Å². The molecule has 1 unspecified atom stereocenters. The first kappa shape index (κ1) is 11.4. The molecule has 0 heterocycles. The van der Waals surface area contributed by atoms with Crippen LogP contribution in [-0.4, -0.2) is 12.2 Å². The third kappa shape index (κ3) is 2.93. The van der Waals surface area contributed by atoms with E-state index in [0.717, 1.165) is 0 Å². The Morgan fingerprint density at radius 1 is 1.50 bits per heavy atom. The lowest BCUT2D eigenvalue weighted by Crippen LogP contribution is -2.31. The van der Waals surface area contributed by atoms with Crippen LogP contribution < -0.4 is 5.73 Å². The van der Waals surface area contributed by atoms with E-state index in [9.17, 15) is 8.78 Å². The van der Waals surface area contributed by atoms with Gasteiger partial charge in [0.05, 0.1) is 0 Å². The first-order valence-electron chi connectivity index (χ1n) is 4.27. The number of alkyl halides is 1. The lowest BCUT2D eigenvalue weighted by molar-refractivity contribution is 0.200. The lowest BCUT2D eigenvalue weighted by atomic mass is 9.98. The van der Waals surface area contributed by atoms with E-state index < -0.39 is 11.5 Å². The molecule has 4 heteroatoms. The molecule has 0 aromatic heterocycles. The number of benzene rings is 1. The Morgan fingerprint density at radius 3 is 2.71 bits per heavy atom. The molecule has 0 radical (unpaired) electrons. The predicted molar refractivity (Wildman–Crippen MR) is 53.7 cm³/mol. The van der Waals surface area contributed by atoms with Gasteiger partial charge in [-0.15, -0.1) is 0 Å². The van der Waals surface area contributed by atoms with Crippen molar-refractivity contribution in [3.63, 3.8) is 0 Å². The Balaban J connectivity index is 2.91. The number of nitrogens with two attached hydrogens (primary N) is 1. The predicted octanol–water partition coefficient (Wildman–Crippen LogP) is 2.71. The molecule has 0 saturated heterocycles. The molecule has 78 valence electrons. The van der Waals surface area contributed by atoms with Crippen LogP contribution >= 0.6 is 11.6 Å². The highest BCUT2D eigenvalue weighted by Gasteiger charge is 2.22. The molecule has 1 atom stereocenters. The van der Waals surface area contributed by atoms with Crippen molar-refractivity contribution >= 4 is 11.6 Å². The minimum atomic E-state index is -1.54. The number of hydrogen-bond donors (Lipinski definition) is 1. The minimum absolute atomic E-state index is 0.0279. The zero-order valence-corrected chi connectivity index (χ0v) is 8.61. The SMILES string of the molecule is CC(F)(CN)Cc1cc(F)ccc1Cl. The van der Waals surface area contributed by atoms with Crippen molar-refractivity contribution in [3.8, 4) is 0 Å². The molecule has 0 amide bonds. The molecule has 0 bridgehead atoms. The van der Waals surface area contributed by atoms with Crippen molar-refractivity contribution in [3.05, 3.63) is 34.6 Å². The molecule has 14 heavy (non-hydrogen) atoms. The van der Waals surface area contributed by atoms with E-state index in [-0.39, 0.29) is 13.0 Å². The maximum Gasteiger partial charge on any atom is 0.124 e. The molecule has 2 N–H and O–H groups in total. The van der Waals surface area contributed by atoms with Gasteiger partial charge in [-0.25, -0.2) is 8.78 Å². The van der Waals surface area contributed by atoms with Crippen LogP contribution in [0, 0.1) is 5.82 Å². The smallest absolute Gasteiger partial charge is 0.124 e. The van der Waals surface area contributed by atoms with Gasteiger partial charge < -0.3 is 5.73 Å². The second-order valence-electron chi connectivity index (χ2n) is 3.53. The van der Waals surface area contributed by atoms with Gasteiger partial charge in [-0.1, -0.05) is 11.6 Å². The van der Waals surface area contributed by atoms with Crippen molar-refractivity contribution in [1.82, 2.24) is 0 Å². The normalized spacial score (nSPS) is 15.2. The molecule has 0 aliphatic heterocycles. The molecule has 1 aromatic carbocycles. The summed E-state index contributed by atoms with van der Waals surface area (Å²) in [5.74, 6) is -0.419. The van der Waals surface area contributed by atoms with Crippen molar-refractivity contribution in [2.45, 2.75) is 19.0 Å². The lowest BCUT2D eigenvalue weighted by Gasteiger charge is -2.18. The van der Waals surface area contributed by atoms with Crippen LogP contribution in [0.3, 0.4) is 0 Å². The van der Waals surface area contributed by atoms with Gasteiger partial charge in [-0.05, 0) is 30.7 Å². The molecule has 0 fully saturated rings. The summed E-state index contributed by atoms with van der Waals surface area (Å²) in [7, 11) is 0. The van der Waals surface area contributed by atoms with Crippen LogP contribution in [0.2, 0.25) is 5.02 Å². The molecular weight excluding hydrogens is 208 g/mol. The van der Waals surface area contributed by atoms with E-state index in [0.29, 0.717) is 10.6 Å². The second kappa shape index (κ2) is 4.24. The molecule has 0 spiro atoms. The Morgan fingerprint density at radius 2 is 2.14 bits per heavy atom. The maximum atomic E-state index is 13.5. The fraction of sp³-hybridized carbons (Fsp3) is 0.400. The number of hydrogen-bond acceptors (Lipinski definition) is 1. The van der Waals surface area contributed by atoms with Crippen molar-refractivity contribution in [1.29, 1.82) is 0 Å². The summed E-state index contributed by atoms with van der Waals surface area (Å²) < 4.78 is 26.3. The first-order valence-corrected chi connectivity index (χ1v) is 4.65. The van der Waals surface area contributed by atoms with E-state index in [1.165, 1.54) is 25.1 Å². The van der Waals surface area contributed by atoms with Crippen molar-refractivity contribution in [2.75, 3.05) is 6.54 Å². The number of halogens is 3. The van der Waals surface area contributed by atoms with Gasteiger partial charge in [0.25, 0.3) is 0 Å². The zero-order chi connectivity index (χ0) is 10.8. The third-order valence-corrected chi connectivity index (χ3v) is 2.36. The molecular formula is C10H12ClF2N. The highest BCUT2D eigenvalue weighted by atomic mass is 35.5. The molecule has 1 aromatic rings. The fourth-order valence-corrected chi connectivity index (χ4v) is 1.33. The van der Waals surface area contributed by atoms with Gasteiger partial charge >= 0.3 is 0 Å². The monoisotopic (exact) mass is 219 g/mol. The van der Waals surface area contributed by atoms with Gasteiger partial charge in [0.2, 0.25) is 0 Å². The van der Waals surface area contributed by atoms with Gasteiger partial charge in [-0.2, -0.15) is 0 Å². The Bertz CT molecular complexity index is 326. The van der Waals surface area contributed by atoms with E-state index in [1.54, 1.807) is 0 Å². The largest absolute Gasteiger partial charge is 0.328 e. The Labute approximate surface area is 86.9 Å². The standard InChI is InChI=1S/C10H12ClF2N/c1-10(13,6-14)5-7-4-8(12)2-3-9(7)11/h2-4H,5-6,14H2,1H3. The average molecular weight is 220 g/mol. The second-order valence-corrected chi connectivity index (χ2v) is 3.94. The van der Waals surface area contributed by atoms with Crippen molar-refractivity contribution in [2.24, 2.45) is 5.73 Å². The van der Waals surface area contributed by atoms with Crippen LogP contribution in [0.5, 0.6) is 0 Å². The summed E-state index contributed by atoms with van der Waals surface area (Å²) in [6.45, 7) is 1.26. The van der Waals surface area contributed by atoms with E-state index in [1.807, 2.05) is 0 Å². The summed E-state index contributed by atoms with van der Waals surface area (Å²) in [6.07, 6.45) is 0.0279. The van der Waals surface area contributed by atoms with Crippen LogP contribution in [0.25, 0.3) is 0 Å². The summed E-state index contributed by atoms with van der Waals surface area (Å²) in [6, 6.07) is 3.89. The van der Waals surface area contributed by atoms with E-state index >= 15 is 0 Å². The Hall–Kier alpha value is -0.670. The third-order valence-electron chi connectivity index (χ3n) is 1.99.